The summed E-state index contributed by atoms with van der Waals surface area (Å²) in [5.41, 5.74) is 7.70. The molecule has 2 rings (SSSR count). The minimum Gasteiger partial charge on any atom is -0.482 e. The third-order valence-corrected chi connectivity index (χ3v) is 3.67. The highest BCUT2D eigenvalue weighted by Crippen LogP contribution is 2.13. The second-order valence-corrected chi connectivity index (χ2v) is 5.71. The van der Waals surface area contributed by atoms with Crippen LogP contribution in [0.15, 0.2) is 64.8 Å². The van der Waals surface area contributed by atoms with E-state index < -0.39 is 5.97 Å². The number of amidine groups is 1. The van der Waals surface area contributed by atoms with Gasteiger partial charge in [0, 0.05) is 5.75 Å². The molecule has 0 bridgehead atoms. The number of aliphatic carboxylic acids is 1. The summed E-state index contributed by atoms with van der Waals surface area (Å²) in [6.45, 7) is -0.387. The van der Waals surface area contributed by atoms with Gasteiger partial charge in [0.2, 0.25) is 0 Å². The van der Waals surface area contributed by atoms with Gasteiger partial charge >= 0.3 is 5.97 Å². The molecular formula is C17H17N3O3S. The summed E-state index contributed by atoms with van der Waals surface area (Å²) in [4.78, 5) is 10.5. The third-order valence-electron chi connectivity index (χ3n) is 2.81. The lowest BCUT2D eigenvalue weighted by atomic mass is 10.2. The number of carbonyl (C=O) groups is 1. The molecule has 0 aromatic heterocycles. The minimum absolute atomic E-state index is 0.369. The summed E-state index contributed by atoms with van der Waals surface area (Å²) in [6.07, 6.45) is 1.53. The maximum atomic E-state index is 10.5. The van der Waals surface area contributed by atoms with Crippen molar-refractivity contribution in [3.8, 4) is 5.75 Å². The molecule has 6 nitrogen and oxygen atoms in total. The zero-order chi connectivity index (χ0) is 17.2. The van der Waals surface area contributed by atoms with Crippen molar-refractivity contribution in [1.29, 1.82) is 0 Å². The summed E-state index contributed by atoms with van der Waals surface area (Å²) in [7, 11) is 0. The van der Waals surface area contributed by atoms with Crippen LogP contribution in [0.4, 0.5) is 0 Å². The van der Waals surface area contributed by atoms with E-state index in [0.29, 0.717) is 10.9 Å². The van der Waals surface area contributed by atoms with Crippen LogP contribution in [0, 0.1) is 0 Å². The van der Waals surface area contributed by atoms with Gasteiger partial charge in [0.15, 0.2) is 11.8 Å². The van der Waals surface area contributed by atoms with Crippen LogP contribution in [0.2, 0.25) is 0 Å². The largest absolute Gasteiger partial charge is 0.482 e. The first-order valence-corrected chi connectivity index (χ1v) is 8.10. The normalized spacial score (nSPS) is 11.6. The quantitative estimate of drug-likeness (QED) is 0.458. The molecule has 0 amide bonds. The molecule has 2 aromatic carbocycles. The molecule has 0 saturated carbocycles. The van der Waals surface area contributed by atoms with Gasteiger partial charge in [-0.15, -0.1) is 5.10 Å². The zero-order valence-corrected chi connectivity index (χ0v) is 13.6. The van der Waals surface area contributed by atoms with Crippen LogP contribution in [0.3, 0.4) is 0 Å². The zero-order valence-electron chi connectivity index (χ0n) is 12.8. The summed E-state index contributed by atoms with van der Waals surface area (Å²) >= 11 is 1.40. The van der Waals surface area contributed by atoms with E-state index in [1.54, 1.807) is 24.3 Å². The van der Waals surface area contributed by atoms with Crippen molar-refractivity contribution in [3.05, 3.63) is 65.7 Å². The Labute approximate surface area is 144 Å². The van der Waals surface area contributed by atoms with Crippen LogP contribution in [0.1, 0.15) is 11.1 Å². The molecule has 7 heteroatoms. The predicted molar refractivity (Wildman–Crippen MR) is 96.5 cm³/mol. The Hall–Kier alpha value is -2.80. The first-order chi connectivity index (χ1) is 11.6. The molecule has 0 fully saturated rings. The molecular weight excluding hydrogens is 326 g/mol. The molecule has 0 heterocycles. The average Bonchev–Trinajstić information content (AvgIpc) is 2.59. The number of hydrogen-bond donors (Lipinski definition) is 2. The second kappa shape index (κ2) is 9.36. The monoisotopic (exact) mass is 343 g/mol. The molecule has 3 N–H and O–H groups in total. The van der Waals surface area contributed by atoms with Crippen LogP contribution in [0.5, 0.6) is 5.75 Å². The van der Waals surface area contributed by atoms with Crippen molar-refractivity contribution in [3.63, 3.8) is 0 Å². The summed E-state index contributed by atoms with van der Waals surface area (Å²) in [5.74, 6) is 0.156. The minimum atomic E-state index is -1.03. The van der Waals surface area contributed by atoms with E-state index in [4.69, 9.17) is 15.6 Å². The van der Waals surface area contributed by atoms with Gasteiger partial charge in [0.05, 0.1) is 6.21 Å². The Morgan fingerprint density at radius 1 is 1.21 bits per heavy atom. The van der Waals surface area contributed by atoms with Crippen LogP contribution in [0.25, 0.3) is 0 Å². The van der Waals surface area contributed by atoms with E-state index in [-0.39, 0.29) is 6.61 Å². The van der Waals surface area contributed by atoms with Crippen molar-refractivity contribution < 1.29 is 14.6 Å². The van der Waals surface area contributed by atoms with Gasteiger partial charge in [-0.05, 0) is 23.3 Å². The van der Waals surface area contributed by atoms with Crippen molar-refractivity contribution in [2.45, 2.75) is 5.75 Å². The highest BCUT2D eigenvalue weighted by atomic mass is 32.2. The Kier molecular flexibility index (Phi) is 6.85. The standard InChI is InChI=1S/C17H17N3O3S/c18-17(24-12-13-5-2-1-3-6-13)20-19-10-14-7-4-8-15(9-14)23-11-16(21)22/h1-10H,11-12H2,(H2,18,20)(H,21,22). The molecule has 2 aromatic rings. The Morgan fingerprint density at radius 2 is 2.00 bits per heavy atom. The van der Waals surface area contributed by atoms with E-state index in [9.17, 15) is 4.79 Å². The van der Waals surface area contributed by atoms with Crippen LogP contribution in [-0.4, -0.2) is 29.1 Å². The number of carboxylic acid groups (broad SMARTS) is 1. The molecule has 0 radical (unpaired) electrons. The highest BCUT2D eigenvalue weighted by molar-refractivity contribution is 8.13. The average molecular weight is 343 g/mol. The number of rotatable bonds is 7. The number of carboxylic acids is 1. The maximum Gasteiger partial charge on any atom is 0.341 e. The van der Waals surface area contributed by atoms with Gasteiger partial charge in [0.25, 0.3) is 0 Å². The number of nitrogens with two attached hydrogens (primary N) is 1. The van der Waals surface area contributed by atoms with Gasteiger partial charge in [-0.2, -0.15) is 5.10 Å². The smallest absolute Gasteiger partial charge is 0.341 e. The van der Waals surface area contributed by atoms with Gasteiger partial charge in [0.1, 0.15) is 5.75 Å². The van der Waals surface area contributed by atoms with Gasteiger partial charge in [-0.3, -0.25) is 0 Å². The Morgan fingerprint density at radius 3 is 2.75 bits per heavy atom. The second-order valence-electron chi connectivity index (χ2n) is 4.71. The van der Waals surface area contributed by atoms with Crippen molar-refractivity contribution in [2.75, 3.05) is 6.61 Å². The number of nitrogens with zero attached hydrogens (tertiary/aromatic N) is 2. The fourth-order valence-corrected chi connectivity index (χ4v) is 2.35. The Bertz CT molecular complexity index is 733. The van der Waals surface area contributed by atoms with E-state index in [2.05, 4.69) is 10.2 Å². The summed E-state index contributed by atoms with van der Waals surface area (Å²) in [5, 5.41) is 16.8. The predicted octanol–water partition coefficient (Wildman–Crippen LogP) is 2.73. The van der Waals surface area contributed by atoms with Gasteiger partial charge in [-0.1, -0.05) is 54.2 Å². The van der Waals surface area contributed by atoms with Crippen LogP contribution >= 0.6 is 11.8 Å². The number of ether oxygens (including phenoxy) is 1. The van der Waals surface area contributed by atoms with Gasteiger partial charge < -0.3 is 15.6 Å². The van der Waals surface area contributed by atoms with E-state index in [1.165, 1.54) is 18.0 Å². The first-order valence-electron chi connectivity index (χ1n) is 7.11. The molecule has 0 aliphatic carbocycles. The molecule has 0 unspecified atom stereocenters. The first kappa shape index (κ1) is 17.6. The topological polar surface area (TPSA) is 97.3 Å². The Balaban J connectivity index is 1.87. The number of hydrogen-bond acceptors (Lipinski definition) is 5. The molecule has 0 spiro atoms. The highest BCUT2D eigenvalue weighted by Gasteiger charge is 1.99. The van der Waals surface area contributed by atoms with Crippen LogP contribution < -0.4 is 10.5 Å². The fraction of sp³-hybridized carbons (Fsp3) is 0.118. The molecule has 24 heavy (non-hydrogen) atoms. The molecule has 124 valence electrons. The summed E-state index contributed by atoms with van der Waals surface area (Å²) < 4.78 is 5.10. The summed E-state index contributed by atoms with van der Waals surface area (Å²) in [6, 6.07) is 16.8. The van der Waals surface area contributed by atoms with E-state index in [1.807, 2.05) is 30.3 Å². The fourth-order valence-electron chi connectivity index (χ4n) is 1.74. The molecule has 0 saturated heterocycles. The van der Waals surface area contributed by atoms with Crippen molar-refractivity contribution in [2.24, 2.45) is 15.9 Å². The number of thioether (sulfide) groups is 1. The molecule has 0 aliphatic heterocycles. The SMILES string of the molecule is NC(=NN=Cc1cccc(OCC(=O)O)c1)SCc1ccccc1. The maximum absolute atomic E-state index is 10.5. The lowest BCUT2D eigenvalue weighted by Crippen LogP contribution is -2.09. The molecule has 0 atom stereocenters. The van der Waals surface area contributed by atoms with Gasteiger partial charge in [-0.25, -0.2) is 4.79 Å². The van der Waals surface area contributed by atoms with Crippen molar-refractivity contribution >= 4 is 29.1 Å². The lowest BCUT2D eigenvalue weighted by Gasteiger charge is -2.03. The van der Waals surface area contributed by atoms with E-state index >= 15 is 0 Å². The third kappa shape index (κ3) is 6.53. The number of benzene rings is 2. The molecule has 0 aliphatic rings. The van der Waals surface area contributed by atoms with Crippen LogP contribution in [-0.2, 0) is 10.5 Å². The van der Waals surface area contributed by atoms with E-state index in [0.717, 1.165) is 16.9 Å². The van der Waals surface area contributed by atoms with Crippen molar-refractivity contribution in [1.82, 2.24) is 0 Å². The lowest BCUT2D eigenvalue weighted by molar-refractivity contribution is -0.139.